The largest absolute Gasteiger partial charge is 0.417 e. The second-order valence-electron chi connectivity index (χ2n) is 20.1. The zero-order valence-corrected chi connectivity index (χ0v) is 43.3. The molecule has 0 radical (unpaired) electrons. The Morgan fingerprint density at radius 1 is 0.274 bits per heavy atom. The summed E-state index contributed by atoms with van der Waals surface area (Å²) in [6.45, 7) is 0. The number of hydrogen-bond acceptors (Lipinski definition) is 2. The van der Waals surface area contributed by atoms with Crippen LogP contribution in [0, 0.1) is 0 Å². The van der Waals surface area contributed by atoms with Gasteiger partial charge in [-0.05, 0) is 101 Å². The molecule has 0 amide bonds. The van der Waals surface area contributed by atoms with Gasteiger partial charge in [-0.3, -0.25) is 0 Å². The summed E-state index contributed by atoms with van der Waals surface area (Å²) >= 11 is 0. The van der Waals surface area contributed by atoms with Crippen LogP contribution in [0.4, 0.5) is 52.7 Å². The predicted molar refractivity (Wildman–Crippen MR) is 303 cm³/mol. The number of halogens is 12. The monoisotopic (exact) mass is 1140 g/mol. The minimum absolute atomic E-state index is 0.0211. The summed E-state index contributed by atoms with van der Waals surface area (Å²) in [4.78, 5) is 10.5. The summed E-state index contributed by atoms with van der Waals surface area (Å²) < 4.78 is 176. The topological polar surface area (TPSA) is 35.6 Å². The van der Waals surface area contributed by atoms with Crippen LogP contribution in [0.5, 0.6) is 0 Å². The minimum atomic E-state index is -5.15. The highest BCUT2D eigenvalue weighted by atomic mass is 19.4. The summed E-state index contributed by atoms with van der Waals surface area (Å²) in [7, 11) is 0. The van der Waals surface area contributed by atoms with E-state index in [1.54, 1.807) is 48.5 Å². The van der Waals surface area contributed by atoms with Gasteiger partial charge in [-0.1, -0.05) is 152 Å². The van der Waals surface area contributed by atoms with Gasteiger partial charge in [-0.2, -0.15) is 52.7 Å². The van der Waals surface area contributed by atoms with E-state index in [2.05, 4.69) is 0 Å². The van der Waals surface area contributed by atoms with E-state index < -0.39 is 58.1 Å². The average Bonchev–Trinajstić information content (AvgIpc) is 2.81. The number of benzene rings is 10. The zero-order valence-electron chi connectivity index (χ0n) is 43.3. The van der Waals surface area contributed by atoms with E-state index in [9.17, 15) is 52.7 Å². The van der Waals surface area contributed by atoms with Gasteiger partial charge in [0.05, 0.1) is 67.1 Å². The predicted octanol–water partition coefficient (Wildman–Crippen LogP) is 20.7. The first-order chi connectivity index (χ1) is 40.2. The summed E-state index contributed by atoms with van der Waals surface area (Å²) in [6.07, 6.45) is -20.4. The Morgan fingerprint density at radius 2 is 0.679 bits per heavy atom. The third kappa shape index (κ3) is 9.36. The summed E-state index contributed by atoms with van der Waals surface area (Å²) in [5, 5.41) is 2.19. The van der Waals surface area contributed by atoms with Crippen LogP contribution in [0.15, 0.2) is 231 Å². The van der Waals surface area contributed by atoms with Crippen LogP contribution < -0.4 is 0 Å². The van der Waals surface area contributed by atoms with Gasteiger partial charge in [-0.15, -0.1) is 0 Å². The molecule has 0 bridgehead atoms. The molecule has 10 aromatic carbocycles. The molecule has 3 aromatic heterocycles. The molecule has 13 aromatic rings. The van der Waals surface area contributed by atoms with Crippen molar-refractivity contribution in [2.24, 2.45) is 0 Å². The van der Waals surface area contributed by atoms with Crippen molar-refractivity contribution in [3.8, 4) is 78.7 Å². The van der Waals surface area contributed by atoms with E-state index >= 15 is 0 Å². The number of nitrogens with zero attached hydrogens (tertiary/aromatic N) is 4. The number of aromatic nitrogens is 4. The fourth-order valence-corrected chi connectivity index (χ4v) is 11.4. The number of para-hydroxylation sites is 3. The Kier molecular flexibility index (Phi) is 12.6. The SMILES string of the molecule is FC(F)(F)c1ccc(-c2ccc3c(c2)c2ccccc2n3-c2ccccc2-c2c(-c3nc(-c4ccccc4)cc(-c4ccccc4)n3)cccc2-n2c3ccccc3c3cc(-c4ccc(C(F)(F)F)cc4C(F)(F)F)ccc32)c(C(F)(F)F)c1. The molecule has 0 saturated carbocycles. The molecule has 414 valence electrons. The molecule has 0 N–H and O–H groups in total. The fraction of sp³-hybridized carbons (Fsp3) is 0.0588. The smallest absolute Gasteiger partial charge is 0.309 e. The highest BCUT2D eigenvalue weighted by Gasteiger charge is 2.40. The maximum atomic E-state index is 14.8. The number of alkyl halides is 12. The lowest BCUT2D eigenvalue weighted by Gasteiger charge is -2.21. The van der Waals surface area contributed by atoms with Crippen molar-refractivity contribution in [3.05, 3.63) is 253 Å². The van der Waals surface area contributed by atoms with Crippen LogP contribution in [0.2, 0.25) is 0 Å². The molecule has 3 heterocycles. The van der Waals surface area contributed by atoms with Crippen LogP contribution in [0.25, 0.3) is 122 Å². The van der Waals surface area contributed by atoms with Crippen LogP contribution in [0.3, 0.4) is 0 Å². The quantitative estimate of drug-likeness (QED) is 0.142. The summed E-state index contributed by atoms with van der Waals surface area (Å²) in [5.74, 6) is 0.302. The van der Waals surface area contributed by atoms with Crippen LogP contribution in [-0.2, 0) is 24.7 Å². The Morgan fingerprint density at radius 3 is 1.15 bits per heavy atom. The molecule has 0 aliphatic carbocycles. The highest BCUT2D eigenvalue weighted by molar-refractivity contribution is 6.13. The van der Waals surface area contributed by atoms with E-state index in [0.29, 0.717) is 101 Å². The first-order valence-electron chi connectivity index (χ1n) is 26.1. The van der Waals surface area contributed by atoms with E-state index in [-0.39, 0.29) is 23.3 Å². The van der Waals surface area contributed by atoms with Crippen LogP contribution in [0.1, 0.15) is 22.3 Å². The van der Waals surface area contributed by atoms with Crippen molar-refractivity contribution < 1.29 is 52.7 Å². The summed E-state index contributed by atoms with van der Waals surface area (Å²) in [6, 6.07) is 60.9. The molecule has 0 aliphatic heterocycles. The average molecular weight is 1140 g/mol. The molecular formula is C68H38F12N4. The van der Waals surface area contributed by atoms with E-state index in [1.807, 2.05) is 130 Å². The lowest BCUT2D eigenvalue weighted by atomic mass is 9.94. The molecule has 16 heteroatoms. The number of hydrogen-bond donors (Lipinski definition) is 0. The van der Waals surface area contributed by atoms with Gasteiger partial charge < -0.3 is 9.13 Å². The lowest BCUT2D eigenvalue weighted by molar-refractivity contribution is -0.144. The highest BCUT2D eigenvalue weighted by Crippen LogP contribution is 2.48. The molecule has 0 saturated heterocycles. The van der Waals surface area contributed by atoms with Crippen molar-refractivity contribution >= 4 is 43.6 Å². The van der Waals surface area contributed by atoms with Crippen LogP contribution >= 0.6 is 0 Å². The van der Waals surface area contributed by atoms with Crippen molar-refractivity contribution in [1.82, 2.24) is 19.1 Å². The maximum Gasteiger partial charge on any atom is 0.417 e. The molecule has 13 rings (SSSR count). The van der Waals surface area contributed by atoms with Crippen molar-refractivity contribution in [2.75, 3.05) is 0 Å². The molecule has 0 spiro atoms. The maximum absolute atomic E-state index is 14.8. The van der Waals surface area contributed by atoms with Crippen molar-refractivity contribution in [2.45, 2.75) is 24.7 Å². The van der Waals surface area contributed by atoms with Gasteiger partial charge in [0.15, 0.2) is 5.82 Å². The second kappa shape index (κ2) is 19.9. The number of rotatable bonds is 8. The molecule has 4 nitrogen and oxygen atoms in total. The van der Waals surface area contributed by atoms with Gasteiger partial charge in [0.2, 0.25) is 0 Å². The molecule has 0 aliphatic rings. The van der Waals surface area contributed by atoms with Crippen LogP contribution in [-0.4, -0.2) is 19.1 Å². The van der Waals surface area contributed by atoms with E-state index in [1.165, 1.54) is 24.3 Å². The molecule has 84 heavy (non-hydrogen) atoms. The van der Waals surface area contributed by atoms with Crippen molar-refractivity contribution in [3.63, 3.8) is 0 Å². The standard InChI is InChI=1S/C68H38F12N4/c69-65(70,71)43-28-30-45(53(36-43)67(75,76)77)41-26-32-60-51(34-41)47-18-7-10-22-57(47)83(60)59-24-12-9-20-49(59)63-50(64-81-55(39-14-3-1-4-15-39)38-56(82-64)40-16-5-2-6-17-40)21-13-25-62(63)84-58-23-11-8-19-48(58)52-35-42(27-33-61(52)84)46-31-29-44(66(72,73)74)37-54(46)68(78,79)80/h1-38H. The lowest BCUT2D eigenvalue weighted by Crippen LogP contribution is -2.12. The summed E-state index contributed by atoms with van der Waals surface area (Å²) in [5.41, 5.74) is 1.23. The molecular weight excluding hydrogens is 1100 g/mol. The second-order valence-corrected chi connectivity index (χ2v) is 20.1. The third-order valence-electron chi connectivity index (χ3n) is 15.1. The van der Waals surface area contributed by atoms with Gasteiger partial charge in [0.25, 0.3) is 0 Å². The van der Waals surface area contributed by atoms with Gasteiger partial charge in [-0.25, -0.2) is 9.97 Å². The molecule has 0 unspecified atom stereocenters. The molecule has 0 fully saturated rings. The first kappa shape index (κ1) is 53.4. The normalized spacial score (nSPS) is 12.5. The van der Waals surface area contributed by atoms with Crippen molar-refractivity contribution in [1.29, 1.82) is 0 Å². The Hall–Kier alpha value is -9.96. The van der Waals surface area contributed by atoms with Gasteiger partial charge in [0.1, 0.15) is 0 Å². The molecule has 0 atom stereocenters. The van der Waals surface area contributed by atoms with Gasteiger partial charge in [0, 0.05) is 49.4 Å². The zero-order chi connectivity index (χ0) is 58.5. The fourth-order valence-electron chi connectivity index (χ4n) is 11.4. The van der Waals surface area contributed by atoms with Gasteiger partial charge >= 0.3 is 24.7 Å². The van der Waals surface area contributed by atoms with E-state index in [4.69, 9.17) is 9.97 Å². The minimum Gasteiger partial charge on any atom is -0.309 e. The van der Waals surface area contributed by atoms with E-state index in [0.717, 1.165) is 23.3 Å². The Balaban J connectivity index is 1.10. The number of fused-ring (bicyclic) bond motifs is 6. The Bertz CT molecular complexity index is 4670. The first-order valence-corrected chi connectivity index (χ1v) is 26.1. The Labute approximate surface area is 469 Å². The third-order valence-corrected chi connectivity index (χ3v) is 15.1.